The summed E-state index contributed by atoms with van der Waals surface area (Å²) >= 11 is 0. The zero-order chi connectivity index (χ0) is 13.0. The lowest BCUT2D eigenvalue weighted by Gasteiger charge is -2.30. The minimum atomic E-state index is -0.139. The first kappa shape index (κ1) is 12.9. The fourth-order valence-electron chi connectivity index (χ4n) is 1.99. The Bertz CT molecular complexity index is 416. The second-order valence-corrected chi connectivity index (χ2v) is 4.10. The predicted octanol–water partition coefficient (Wildman–Crippen LogP) is 1.16. The molecule has 0 saturated carbocycles. The van der Waals surface area contributed by atoms with E-state index < -0.39 is 0 Å². The van der Waals surface area contributed by atoms with Crippen LogP contribution in [-0.4, -0.2) is 51.4 Å². The molecule has 0 aromatic heterocycles. The highest BCUT2D eigenvalue weighted by Crippen LogP contribution is 2.22. The van der Waals surface area contributed by atoms with Gasteiger partial charge in [-0.1, -0.05) is 12.1 Å². The molecule has 1 heterocycles. The molecule has 1 aromatic rings. The first-order valence-corrected chi connectivity index (χ1v) is 5.98. The number of rotatable bonds is 3. The van der Waals surface area contributed by atoms with Gasteiger partial charge in [0.15, 0.2) is 0 Å². The van der Waals surface area contributed by atoms with Crippen molar-refractivity contribution in [3.63, 3.8) is 0 Å². The van der Waals surface area contributed by atoms with Crippen molar-refractivity contribution in [3.8, 4) is 0 Å². The number of hydrogen-bond acceptors (Lipinski definition) is 4. The van der Waals surface area contributed by atoms with E-state index in [0.29, 0.717) is 18.8 Å². The summed E-state index contributed by atoms with van der Waals surface area (Å²) in [5, 5.41) is 1.24. The van der Waals surface area contributed by atoms with E-state index in [0.717, 1.165) is 18.8 Å². The number of nitrogens with zero attached hydrogens (tertiary/aromatic N) is 2. The molecule has 98 valence electrons. The van der Waals surface area contributed by atoms with E-state index in [-0.39, 0.29) is 5.91 Å². The third kappa shape index (κ3) is 2.63. The smallest absolute Gasteiger partial charge is 0.279 e. The van der Waals surface area contributed by atoms with Crippen molar-refractivity contribution < 1.29 is 14.4 Å². The molecule has 1 fully saturated rings. The van der Waals surface area contributed by atoms with E-state index in [9.17, 15) is 4.79 Å². The SMILES string of the molecule is CON(C)C(=O)c1ccccc1N1CCOCC1. The third-order valence-corrected chi connectivity index (χ3v) is 3.05. The van der Waals surface area contributed by atoms with Crippen molar-refractivity contribution in [2.75, 3.05) is 45.4 Å². The number of benzene rings is 1. The van der Waals surface area contributed by atoms with E-state index in [2.05, 4.69) is 4.90 Å². The number of hydrogen-bond donors (Lipinski definition) is 0. The number of para-hydroxylation sites is 1. The monoisotopic (exact) mass is 250 g/mol. The lowest BCUT2D eigenvalue weighted by atomic mass is 10.1. The topological polar surface area (TPSA) is 42.0 Å². The maximum atomic E-state index is 12.2. The van der Waals surface area contributed by atoms with Gasteiger partial charge in [-0.05, 0) is 12.1 Å². The molecule has 5 nitrogen and oxygen atoms in total. The third-order valence-electron chi connectivity index (χ3n) is 3.05. The average Bonchev–Trinajstić information content (AvgIpc) is 2.46. The average molecular weight is 250 g/mol. The summed E-state index contributed by atoms with van der Waals surface area (Å²) < 4.78 is 5.33. The molecule has 0 spiro atoms. The van der Waals surface area contributed by atoms with Crippen molar-refractivity contribution in [1.82, 2.24) is 5.06 Å². The number of carbonyl (C=O) groups is 1. The van der Waals surface area contributed by atoms with Crippen LogP contribution in [0.2, 0.25) is 0 Å². The second-order valence-electron chi connectivity index (χ2n) is 4.10. The van der Waals surface area contributed by atoms with Gasteiger partial charge in [0.05, 0.1) is 25.9 Å². The van der Waals surface area contributed by atoms with Crippen LogP contribution in [0.15, 0.2) is 24.3 Å². The summed E-state index contributed by atoms with van der Waals surface area (Å²) in [6, 6.07) is 7.58. The minimum Gasteiger partial charge on any atom is -0.378 e. The van der Waals surface area contributed by atoms with Crippen LogP contribution < -0.4 is 4.90 Å². The Hall–Kier alpha value is -1.59. The van der Waals surface area contributed by atoms with Crippen LogP contribution in [0.5, 0.6) is 0 Å². The molecule has 0 aliphatic carbocycles. The lowest BCUT2D eigenvalue weighted by molar-refractivity contribution is -0.0756. The molecular weight excluding hydrogens is 232 g/mol. The largest absolute Gasteiger partial charge is 0.378 e. The quantitative estimate of drug-likeness (QED) is 0.755. The summed E-state index contributed by atoms with van der Waals surface area (Å²) in [7, 11) is 3.09. The van der Waals surface area contributed by atoms with E-state index >= 15 is 0 Å². The molecule has 0 atom stereocenters. The number of hydroxylamine groups is 2. The molecule has 1 aromatic carbocycles. The second kappa shape index (κ2) is 5.84. The molecule has 2 rings (SSSR count). The van der Waals surface area contributed by atoms with Crippen molar-refractivity contribution in [1.29, 1.82) is 0 Å². The predicted molar refractivity (Wildman–Crippen MR) is 68.6 cm³/mol. The Balaban J connectivity index is 2.27. The van der Waals surface area contributed by atoms with Gasteiger partial charge in [0.1, 0.15) is 0 Å². The Morgan fingerprint density at radius 2 is 2.00 bits per heavy atom. The minimum absolute atomic E-state index is 0.139. The molecule has 18 heavy (non-hydrogen) atoms. The van der Waals surface area contributed by atoms with Gasteiger partial charge in [0.25, 0.3) is 5.91 Å². The highest BCUT2D eigenvalue weighted by molar-refractivity contribution is 5.99. The maximum Gasteiger partial charge on any atom is 0.279 e. The van der Waals surface area contributed by atoms with Gasteiger partial charge >= 0.3 is 0 Å². The first-order valence-electron chi connectivity index (χ1n) is 5.98. The van der Waals surface area contributed by atoms with Crippen molar-refractivity contribution in [2.45, 2.75) is 0 Å². The molecule has 0 bridgehead atoms. The Kier molecular flexibility index (Phi) is 4.17. The van der Waals surface area contributed by atoms with Gasteiger partial charge in [-0.3, -0.25) is 9.63 Å². The maximum absolute atomic E-state index is 12.2. The number of anilines is 1. The van der Waals surface area contributed by atoms with Gasteiger partial charge in [0, 0.05) is 25.8 Å². The van der Waals surface area contributed by atoms with Crippen molar-refractivity contribution in [2.24, 2.45) is 0 Å². The lowest BCUT2D eigenvalue weighted by Crippen LogP contribution is -2.38. The number of amides is 1. The molecule has 0 N–H and O–H groups in total. The molecule has 1 amide bonds. The van der Waals surface area contributed by atoms with Crippen LogP contribution in [0.1, 0.15) is 10.4 Å². The molecule has 1 aliphatic rings. The summed E-state index contributed by atoms with van der Waals surface area (Å²) in [6.45, 7) is 3.01. The summed E-state index contributed by atoms with van der Waals surface area (Å²) in [6.07, 6.45) is 0. The Labute approximate surface area is 107 Å². The van der Waals surface area contributed by atoms with E-state index in [1.165, 1.54) is 12.2 Å². The van der Waals surface area contributed by atoms with Crippen LogP contribution in [-0.2, 0) is 9.57 Å². The zero-order valence-electron chi connectivity index (χ0n) is 10.8. The summed E-state index contributed by atoms with van der Waals surface area (Å²) in [5.74, 6) is -0.139. The fraction of sp³-hybridized carbons (Fsp3) is 0.462. The van der Waals surface area contributed by atoms with Crippen LogP contribution in [0.25, 0.3) is 0 Å². The fourth-order valence-corrected chi connectivity index (χ4v) is 1.99. The van der Waals surface area contributed by atoms with E-state index in [1.54, 1.807) is 7.05 Å². The molecule has 1 saturated heterocycles. The summed E-state index contributed by atoms with van der Waals surface area (Å²) in [5.41, 5.74) is 1.60. The van der Waals surface area contributed by atoms with Crippen LogP contribution in [0.3, 0.4) is 0 Å². The van der Waals surface area contributed by atoms with Gasteiger partial charge in [-0.2, -0.15) is 0 Å². The van der Waals surface area contributed by atoms with E-state index in [1.807, 2.05) is 24.3 Å². The molecule has 5 heteroatoms. The van der Waals surface area contributed by atoms with Crippen LogP contribution in [0, 0.1) is 0 Å². The van der Waals surface area contributed by atoms with Gasteiger partial charge in [-0.25, -0.2) is 5.06 Å². The summed E-state index contributed by atoms with van der Waals surface area (Å²) in [4.78, 5) is 19.3. The van der Waals surface area contributed by atoms with Gasteiger partial charge in [-0.15, -0.1) is 0 Å². The number of ether oxygens (including phenoxy) is 1. The number of carbonyl (C=O) groups excluding carboxylic acids is 1. The molecular formula is C13H18N2O3. The Morgan fingerprint density at radius 1 is 1.33 bits per heavy atom. The van der Waals surface area contributed by atoms with Crippen LogP contribution in [0.4, 0.5) is 5.69 Å². The Morgan fingerprint density at radius 3 is 2.67 bits per heavy atom. The van der Waals surface area contributed by atoms with Crippen molar-refractivity contribution >= 4 is 11.6 Å². The van der Waals surface area contributed by atoms with Gasteiger partial charge < -0.3 is 9.64 Å². The zero-order valence-corrected chi connectivity index (χ0v) is 10.8. The van der Waals surface area contributed by atoms with Crippen molar-refractivity contribution in [3.05, 3.63) is 29.8 Å². The molecule has 0 radical (unpaired) electrons. The molecule has 0 unspecified atom stereocenters. The van der Waals surface area contributed by atoms with E-state index in [4.69, 9.17) is 9.57 Å². The highest BCUT2D eigenvalue weighted by atomic mass is 16.7. The standard InChI is InChI=1S/C13H18N2O3/c1-14(17-2)13(16)11-5-3-4-6-12(11)15-7-9-18-10-8-15/h3-6H,7-10H2,1-2H3. The normalized spacial score (nSPS) is 15.6. The molecule has 1 aliphatic heterocycles. The first-order chi connectivity index (χ1) is 8.74. The van der Waals surface area contributed by atoms with Crippen LogP contribution >= 0.6 is 0 Å². The number of morpholine rings is 1. The van der Waals surface area contributed by atoms with Gasteiger partial charge in [0.2, 0.25) is 0 Å². The highest BCUT2D eigenvalue weighted by Gasteiger charge is 2.20.